The first-order valence-electron chi connectivity index (χ1n) is 8.06. The quantitative estimate of drug-likeness (QED) is 0.863. The third-order valence-corrected chi connectivity index (χ3v) is 5.63. The molecule has 1 N–H and O–H groups in total. The van der Waals surface area contributed by atoms with Crippen LogP contribution < -0.4 is 9.62 Å². The number of anilines is 2. The maximum absolute atomic E-state index is 12.3. The van der Waals surface area contributed by atoms with Gasteiger partial charge in [-0.1, -0.05) is 23.7 Å². The number of sulfonamides is 1. The molecule has 6 nitrogen and oxygen atoms in total. The smallest absolute Gasteiger partial charge is 0.236 e. The molecule has 1 aromatic carbocycles. The Balaban J connectivity index is 1.63. The van der Waals surface area contributed by atoms with Gasteiger partial charge in [0.25, 0.3) is 0 Å². The van der Waals surface area contributed by atoms with Crippen LogP contribution in [0.3, 0.4) is 0 Å². The van der Waals surface area contributed by atoms with Crippen LogP contribution in [-0.4, -0.2) is 51.5 Å². The topological polar surface area (TPSA) is 65.5 Å². The summed E-state index contributed by atoms with van der Waals surface area (Å²) in [5.41, 5.74) is 1.14. The van der Waals surface area contributed by atoms with Crippen LogP contribution in [0.15, 0.2) is 42.6 Å². The second-order valence-electron chi connectivity index (χ2n) is 6.18. The van der Waals surface area contributed by atoms with Crippen molar-refractivity contribution in [3.63, 3.8) is 0 Å². The highest BCUT2D eigenvalue weighted by Gasteiger charge is 2.16. The lowest BCUT2D eigenvalue weighted by Crippen LogP contribution is -2.44. The largest absolute Gasteiger partial charge is 0.354 e. The Morgan fingerprint density at radius 1 is 1.08 bits per heavy atom. The highest BCUT2D eigenvalue weighted by molar-refractivity contribution is 7.91. The van der Waals surface area contributed by atoms with Crippen LogP contribution in [0.4, 0.5) is 11.5 Å². The van der Waals surface area contributed by atoms with Crippen molar-refractivity contribution in [1.29, 1.82) is 0 Å². The van der Waals surface area contributed by atoms with E-state index in [0.717, 1.165) is 32.0 Å². The average Bonchev–Trinajstić information content (AvgIpc) is 2.58. The molecule has 0 bridgehead atoms. The summed E-state index contributed by atoms with van der Waals surface area (Å²) >= 11 is 5.82. The van der Waals surface area contributed by atoms with Crippen LogP contribution in [0.25, 0.3) is 0 Å². The van der Waals surface area contributed by atoms with Crippen molar-refractivity contribution in [2.45, 2.75) is 5.75 Å². The minimum atomic E-state index is -3.50. The van der Waals surface area contributed by atoms with Gasteiger partial charge in [0.1, 0.15) is 5.82 Å². The van der Waals surface area contributed by atoms with Gasteiger partial charge >= 0.3 is 0 Å². The molecule has 0 atom stereocenters. The Morgan fingerprint density at radius 3 is 2.36 bits per heavy atom. The van der Waals surface area contributed by atoms with Gasteiger partial charge in [0, 0.05) is 31.2 Å². The first kappa shape index (κ1) is 18.0. The molecule has 1 aromatic heterocycles. The van der Waals surface area contributed by atoms with Gasteiger partial charge in [0.15, 0.2) is 0 Å². The molecule has 1 aliphatic rings. The summed E-state index contributed by atoms with van der Waals surface area (Å²) in [5.74, 6) is 0.762. The predicted molar refractivity (Wildman–Crippen MR) is 102 cm³/mol. The van der Waals surface area contributed by atoms with E-state index in [2.05, 4.69) is 26.6 Å². The Bertz CT molecular complexity index is 802. The number of halogens is 1. The van der Waals surface area contributed by atoms with Gasteiger partial charge in [0.2, 0.25) is 10.0 Å². The van der Waals surface area contributed by atoms with E-state index in [0.29, 0.717) is 16.3 Å². The molecular formula is C17H21ClN4O2S. The van der Waals surface area contributed by atoms with Gasteiger partial charge in [-0.2, -0.15) is 0 Å². The zero-order valence-corrected chi connectivity index (χ0v) is 15.6. The Hall–Kier alpha value is -1.83. The van der Waals surface area contributed by atoms with Crippen LogP contribution in [0, 0.1) is 0 Å². The number of pyridine rings is 1. The number of nitrogens with one attached hydrogen (secondary N) is 1. The highest BCUT2D eigenvalue weighted by Crippen LogP contribution is 2.18. The van der Waals surface area contributed by atoms with E-state index in [1.165, 1.54) is 0 Å². The molecule has 0 saturated carbocycles. The molecule has 25 heavy (non-hydrogen) atoms. The van der Waals surface area contributed by atoms with Gasteiger partial charge in [-0.15, -0.1) is 0 Å². The first-order chi connectivity index (χ1) is 11.9. The summed E-state index contributed by atoms with van der Waals surface area (Å²) < 4.78 is 27.1. The minimum absolute atomic E-state index is 0.107. The van der Waals surface area contributed by atoms with E-state index in [1.54, 1.807) is 36.5 Å². The zero-order valence-electron chi connectivity index (χ0n) is 14.0. The fourth-order valence-corrected chi connectivity index (χ4v) is 3.99. The summed E-state index contributed by atoms with van der Waals surface area (Å²) in [4.78, 5) is 8.87. The lowest BCUT2D eigenvalue weighted by atomic mass is 10.2. The standard InChI is InChI=1S/C17H21ClN4O2S/c1-21-8-10-22(11-9-21)17-7-6-16(12-19-17)20-25(23,24)13-14-2-4-15(18)5-3-14/h2-7,12,20H,8-11,13H2,1H3. The average molecular weight is 381 g/mol. The normalized spacial score (nSPS) is 16.0. The summed E-state index contributed by atoms with van der Waals surface area (Å²) in [7, 11) is -1.40. The second-order valence-corrected chi connectivity index (χ2v) is 8.34. The molecule has 134 valence electrons. The number of rotatable bonds is 5. The Morgan fingerprint density at radius 2 is 1.76 bits per heavy atom. The van der Waals surface area contributed by atoms with Crippen molar-refractivity contribution in [3.8, 4) is 0 Å². The van der Waals surface area contributed by atoms with Crippen molar-refractivity contribution < 1.29 is 8.42 Å². The fraction of sp³-hybridized carbons (Fsp3) is 0.353. The van der Waals surface area contributed by atoms with E-state index in [9.17, 15) is 8.42 Å². The van der Waals surface area contributed by atoms with Gasteiger partial charge < -0.3 is 9.80 Å². The van der Waals surface area contributed by atoms with E-state index >= 15 is 0 Å². The monoisotopic (exact) mass is 380 g/mol. The molecule has 0 aliphatic carbocycles. The first-order valence-corrected chi connectivity index (χ1v) is 10.1. The van der Waals surface area contributed by atoms with Crippen molar-refractivity contribution >= 4 is 33.1 Å². The number of hydrogen-bond donors (Lipinski definition) is 1. The van der Waals surface area contributed by atoms with E-state index in [4.69, 9.17) is 11.6 Å². The lowest BCUT2D eigenvalue weighted by Gasteiger charge is -2.33. The van der Waals surface area contributed by atoms with E-state index in [-0.39, 0.29) is 5.75 Å². The van der Waals surface area contributed by atoms with Crippen LogP contribution in [0.1, 0.15) is 5.56 Å². The van der Waals surface area contributed by atoms with Gasteiger partial charge in [-0.25, -0.2) is 13.4 Å². The molecule has 0 radical (unpaired) electrons. The molecule has 0 amide bonds. The summed E-state index contributed by atoms with van der Waals surface area (Å²) in [6.45, 7) is 3.84. The van der Waals surface area contributed by atoms with Crippen LogP contribution in [-0.2, 0) is 15.8 Å². The maximum Gasteiger partial charge on any atom is 0.236 e. The molecule has 1 aliphatic heterocycles. The molecular weight excluding hydrogens is 360 g/mol. The van der Waals surface area contributed by atoms with Crippen molar-refractivity contribution in [1.82, 2.24) is 9.88 Å². The molecule has 2 aromatic rings. The Kier molecular flexibility index (Phi) is 5.46. The zero-order chi connectivity index (χ0) is 17.9. The molecule has 8 heteroatoms. The number of likely N-dealkylation sites (N-methyl/N-ethyl adjacent to an activating group) is 1. The number of aromatic nitrogens is 1. The molecule has 3 rings (SSSR count). The van der Waals surface area contributed by atoms with Gasteiger partial charge in [0.05, 0.1) is 17.6 Å². The summed E-state index contributed by atoms with van der Waals surface area (Å²) in [5, 5.41) is 0.581. The molecule has 0 spiro atoms. The van der Waals surface area contributed by atoms with E-state index in [1.807, 2.05) is 6.07 Å². The number of hydrogen-bond acceptors (Lipinski definition) is 5. The van der Waals surface area contributed by atoms with Gasteiger partial charge in [-0.3, -0.25) is 4.72 Å². The lowest BCUT2D eigenvalue weighted by molar-refractivity contribution is 0.312. The number of benzene rings is 1. The predicted octanol–water partition coefficient (Wildman–Crippen LogP) is 2.43. The highest BCUT2D eigenvalue weighted by atomic mass is 35.5. The van der Waals surface area contributed by atoms with Crippen LogP contribution in [0.5, 0.6) is 0 Å². The SMILES string of the molecule is CN1CCN(c2ccc(NS(=O)(=O)Cc3ccc(Cl)cc3)cn2)CC1. The van der Waals surface area contributed by atoms with Crippen LogP contribution >= 0.6 is 11.6 Å². The minimum Gasteiger partial charge on any atom is -0.354 e. The van der Waals surface area contributed by atoms with Crippen molar-refractivity contribution in [2.75, 3.05) is 42.8 Å². The van der Waals surface area contributed by atoms with Gasteiger partial charge in [-0.05, 0) is 36.9 Å². The van der Waals surface area contributed by atoms with E-state index < -0.39 is 10.0 Å². The third kappa shape index (κ3) is 5.07. The summed E-state index contributed by atoms with van der Waals surface area (Å²) in [6.07, 6.45) is 1.56. The molecule has 1 fully saturated rings. The summed E-state index contributed by atoms with van der Waals surface area (Å²) in [6, 6.07) is 10.4. The molecule has 0 unspecified atom stereocenters. The molecule has 2 heterocycles. The van der Waals surface area contributed by atoms with Crippen molar-refractivity contribution in [3.05, 3.63) is 53.2 Å². The Labute approximate surface area is 153 Å². The van der Waals surface area contributed by atoms with Crippen LogP contribution in [0.2, 0.25) is 5.02 Å². The second kappa shape index (κ2) is 7.59. The number of nitrogens with zero attached hydrogens (tertiary/aromatic N) is 3. The third-order valence-electron chi connectivity index (χ3n) is 4.12. The van der Waals surface area contributed by atoms with Crippen molar-refractivity contribution in [2.24, 2.45) is 0 Å². The number of piperazine rings is 1. The maximum atomic E-state index is 12.3. The molecule has 1 saturated heterocycles. The fourth-order valence-electron chi connectivity index (χ4n) is 2.68.